The summed E-state index contributed by atoms with van der Waals surface area (Å²) in [7, 11) is 2.99. The summed E-state index contributed by atoms with van der Waals surface area (Å²) in [4.78, 5) is 36.7. The summed E-state index contributed by atoms with van der Waals surface area (Å²) >= 11 is 0. The van der Waals surface area contributed by atoms with Gasteiger partial charge in [-0.3, -0.25) is 14.4 Å². The van der Waals surface area contributed by atoms with Crippen LogP contribution in [0.15, 0.2) is 65.3 Å². The number of carbonyl (C=O) groups is 3. The third-order valence-corrected chi connectivity index (χ3v) is 4.50. The summed E-state index contributed by atoms with van der Waals surface area (Å²) in [5.74, 6) is 0.133. The Hall–Kier alpha value is -4.27. The van der Waals surface area contributed by atoms with Crippen molar-refractivity contribution in [2.75, 3.05) is 32.6 Å². The van der Waals surface area contributed by atoms with E-state index in [2.05, 4.69) is 16.0 Å². The van der Waals surface area contributed by atoms with Crippen LogP contribution in [0.5, 0.6) is 11.5 Å². The van der Waals surface area contributed by atoms with Gasteiger partial charge in [-0.15, -0.1) is 0 Å². The molecule has 32 heavy (non-hydrogen) atoms. The summed E-state index contributed by atoms with van der Waals surface area (Å²) in [5, 5.41) is 8.12. The zero-order valence-electron chi connectivity index (χ0n) is 17.6. The van der Waals surface area contributed by atoms with Crippen molar-refractivity contribution in [2.45, 2.75) is 0 Å². The fourth-order valence-electron chi connectivity index (χ4n) is 2.84. The van der Waals surface area contributed by atoms with E-state index >= 15 is 0 Å². The number of carbonyl (C=O) groups excluding carboxylic acids is 3. The minimum atomic E-state index is -0.370. The van der Waals surface area contributed by atoms with Gasteiger partial charge >= 0.3 is 0 Å². The third-order valence-electron chi connectivity index (χ3n) is 4.50. The van der Waals surface area contributed by atoms with Crippen LogP contribution in [0.4, 0.5) is 5.69 Å². The molecule has 3 aromatic rings. The second-order valence-electron chi connectivity index (χ2n) is 6.59. The Morgan fingerprint density at radius 1 is 0.844 bits per heavy atom. The van der Waals surface area contributed by atoms with Crippen molar-refractivity contribution in [2.24, 2.45) is 0 Å². The van der Waals surface area contributed by atoms with Crippen LogP contribution in [0.2, 0.25) is 0 Å². The maximum Gasteiger partial charge on any atom is 0.287 e. The van der Waals surface area contributed by atoms with Crippen LogP contribution in [0, 0.1) is 0 Å². The summed E-state index contributed by atoms with van der Waals surface area (Å²) in [5.41, 5.74) is 1.26. The highest BCUT2D eigenvalue weighted by Crippen LogP contribution is 2.25. The van der Waals surface area contributed by atoms with Gasteiger partial charge in [-0.2, -0.15) is 0 Å². The van der Waals surface area contributed by atoms with E-state index in [9.17, 15) is 14.4 Å². The van der Waals surface area contributed by atoms with Gasteiger partial charge in [-0.1, -0.05) is 0 Å². The molecule has 1 aromatic heterocycles. The van der Waals surface area contributed by atoms with E-state index in [1.807, 2.05) is 0 Å². The standard InChI is InChI=1S/C23H23N3O6/c1-30-17-9-10-19(31-2)18(14-17)22(28)26-16-7-5-15(6-8-16)21(27)24-11-12-25-23(29)20-4-3-13-32-20/h3-10,13-14H,11-12H2,1-2H3,(H,24,27)(H,25,29)(H,26,28). The summed E-state index contributed by atoms with van der Waals surface area (Å²) in [6.07, 6.45) is 1.41. The Kier molecular flexibility index (Phi) is 7.47. The molecule has 9 heteroatoms. The van der Waals surface area contributed by atoms with Gasteiger partial charge in [-0.05, 0) is 54.6 Å². The summed E-state index contributed by atoms with van der Waals surface area (Å²) in [6, 6.07) is 14.5. The highest BCUT2D eigenvalue weighted by molar-refractivity contribution is 6.06. The number of hydrogen-bond donors (Lipinski definition) is 3. The van der Waals surface area contributed by atoms with Crippen molar-refractivity contribution in [3.05, 3.63) is 77.7 Å². The van der Waals surface area contributed by atoms with E-state index in [0.29, 0.717) is 28.3 Å². The van der Waals surface area contributed by atoms with E-state index in [4.69, 9.17) is 13.9 Å². The molecular formula is C23H23N3O6. The normalized spacial score (nSPS) is 10.2. The lowest BCUT2D eigenvalue weighted by atomic mass is 10.1. The van der Waals surface area contributed by atoms with Crippen molar-refractivity contribution in [3.63, 3.8) is 0 Å². The second-order valence-corrected chi connectivity index (χ2v) is 6.59. The van der Waals surface area contributed by atoms with Crippen LogP contribution in [0.3, 0.4) is 0 Å². The van der Waals surface area contributed by atoms with Crippen molar-refractivity contribution in [1.29, 1.82) is 0 Å². The van der Waals surface area contributed by atoms with Crippen LogP contribution < -0.4 is 25.4 Å². The first-order chi connectivity index (χ1) is 15.5. The van der Waals surface area contributed by atoms with Crippen LogP contribution in [-0.2, 0) is 0 Å². The SMILES string of the molecule is COc1ccc(OC)c(C(=O)Nc2ccc(C(=O)NCCNC(=O)c3ccco3)cc2)c1. The van der Waals surface area contributed by atoms with Gasteiger partial charge in [0.15, 0.2) is 5.76 Å². The first-order valence-corrected chi connectivity index (χ1v) is 9.75. The highest BCUT2D eigenvalue weighted by Gasteiger charge is 2.14. The van der Waals surface area contributed by atoms with Crippen molar-refractivity contribution < 1.29 is 28.3 Å². The minimum absolute atomic E-state index is 0.209. The lowest BCUT2D eigenvalue weighted by molar-refractivity contribution is 0.0910. The van der Waals surface area contributed by atoms with E-state index in [1.165, 1.54) is 20.5 Å². The Labute approximate surface area is 184 Å². The molecule has 9 nitrogen and oxygen atoms in total. The number of methoxy groups -OCH3 is 2. The molecular weight excluding hydrogens is 414 g/mol. The topological polar surface area (TPSA) is 119 Å². The molecule has 0 aliphatic heterocycles. The molecule has 0 saturated heterocycles. The average Bonchev–Trinajstić information content (AvgIpc) is 3.36. The van der Waals surface area contributed by atoms with E-state index in [0.717, 1.165) is 0 Å². The number of ether oxygens (including phenoxy) is 2. The zero-order chi connectivity index (χ0) is 22.9. The number of amides is 3. The van der Waals surface area contributed by atoms with Gasteiger partial charge in [0.25, 0.3) is 17.7 Å². The van der Waals surface area contributed by atoms with Crippen LogP contribution in [-0.4, -0.2) is 45.0 Å². The Morgan fingerprint density at radius 3 is 2.19 bits per heavy atom. The number of hydrogen-bond acceptors (Lipinski definition) is 6. The largest absolute Gasteiger partial charge is 0.497 e. The fraction of sp³-hybridized carbons (Fsp3) is 0.174. The molecule has 0 radical (unpaired) electrons. The van der Waals surface area contributed by atoms with Crippen LogP contribution in [0.25, 0.3) is 0 Å². The summed E-state index contributed by atoms with van der Waals surface area (Å²) in [6.45, 7) is 0.501. The monoisotopic (exact) mass is 437 g/mol. The quantitative estimate of drug-likeness (QED) is 0.443. The van der Waals surface area contributed by atoms with Gasteiger partial charge in [0.05, 0.1) is 26.0 Å². The molecule has 0 saturated carbocycles. The second kappa shape index (κ2) is 10.7. The van der Waals surface area contributed by atoms with Gasteiger partial charge in [0, 0.05) is 24.3 Å². The van der Waals surface area contributed by atoms with E-state index in [-0.39, 0.29) is 36.6 Å². The molecule has 0 aliphatic carbocycles. The highest BCUT2D eigenvalue weighted by atomic mass is 16.5. The van der Waals surface area contributed by atoms with Crippen molar-refractivity contribution in [3.8, 4) is 11.5 Å². The number of anilines is 1. The lowest BCUT2D eigenvalue weighted by Gasteiger charge is -2.11. The molecule has 0 fully saturated rings. The predicted octanol–water partition coefficient (Wildman–Crippen LogP) is 2.71. The molecule has 2 aromatic carbocycles. The fourth-order valence-corrected chi connectivity index (χ4v) is 2.84. The molecule has 0 bridgehead atoms. The molecule has 3 amide bonds. The molecule has 1 heterocycles. The molecule has 3 N–H and O–H groups in total. The van der Waals surface area contributed by atoms with E-state index < -0.39 is 0 Å². The van der Waals surface area contributed by atoms with Crippen LogP contribution in [0.1, 0.15) is 31.3 Å². The molecule has 0 unspecified atom stereocenters. The maximum absolute atomic E-state index is 12.6. The van der Waals surface area contributed by atoms with Crippen molar-refractivity contribution >= 4 is 23.4 Å². The predicted molar refractivity (Wildman–Crippen MR) is 117 cm³/mol. The lowest BCUT2D eigenvalue weighted by Crippen LogP contribution is -2.34. The molecule has 166 valence electrons. The van der Waals surface area contributed by atoms with Gasteiger partial charge in [0.1, 0.15) is 11.5 Å². The summed E-state index contributed by atoms with van der Waals surface area (Å²) < 4.78 is 15.4. The molecule has 0 aliphatic rings. The molecule has 3 rings (SSSR count). The first kappa shape index (κ1) is 22.4. The Bertz CT molecular complexity index is 1080. The van der Waals surface area contributed by atoms with Gasteiger partial charge in [-0.25, -0.2) is 0 Å². The first-order valence-electron chi connectivity index (χ1n) is 9.75. The van der Waals surface area contributed by atoms with Crippen LogP contribution >= 0.6 is 0 Å². The van der Waals surface area contributed by atoms with Gasteiger partial charge in [0.2, 0.25) is 0 Å². The number of nitrogens with one attached hydrogen (secondary N) is 3. The molecule has 0 atom stereocenters. The number of benzene rings is 2. The average molecular weight is 437 g/mol. The third kappa shape index (κ3) is 5.66. The Balaban J connectivity index is 1.51. The maximum atomic E-state index is 12.6. The smallest absolute Gasteiger partial charge is 0.287 e. The number of furan rings is 1. The minimum Gasteiger partial charge on any atom is -0.497 e. The Morgan fingerprint density at radius 2 is 1.56 bits per heavy atom. The van der Waals surface area contributed by atoms with Gasteiger partial charge < -0.3 is 29.8 Å². The van der Waals surface area contributed by atoms with Crippen molar-refractivity contribution in [1.82, 2.24) is 10.6 Å². The number of rotatable bonds is 9. The zero-order valence-corrected chi connectivity index (χ0v) is 17.6. The van der Waals surface area contributed by atoms with E-state index in [1.54, 1.807) is 54.6 Å². The molecule has 0 spiro atoms.